The second-order valence-electron chi connectivity index (χ2n) is 1.44. The molecule has 0 spiro atoms. The van der Waals surface area contributed by atoms with Gasteiger partial charge in [0.2, 0.25) is 0 Å². The van der Waals surface area contributed by atoms with Crippen LogP contribution in [0.2, 0.25) is 0 Å². The van der Waals surface area contributed by atoms with Crippen LogP contribution in [0.15, 0.2) is 0 Å². The number of hydrogen-bond acceptors (Lipinski definition) is 2. The quantitative estimate of drug-likeness (QED) is 0.432. The Bertz CT molecular complexity index is 92.4. The Morgan fingerprint density at radius 3 is 2.75 bits per heavy atom. The first kappa shape index (κ1) is 7.27. The predicted molar refractivity (Wildman–Crippen MR) is 29.0 cm³/mol. The molecular weight excluding hydrogens is 109 g/mol. The van der Waals surface area contributed by atoms with Gasteiger partial charge in [0.25, 0.3) is 0 Å². The van der Waals surface area contributed by atoms with E-state index in [0.717, 1.165) is 0 Å². The normalized spacial score (nSPS) is 8.62. The summed E-state index contributed by atoms with van der Waals surface area (Å²) in [4.78, 5) is 9.66. The molecule has 8 heavy (non-hydrogen) atoms. The molecule has 0 aromatic carbocycles. The molecule has 3 heteroatoms. The third-order valence-corrected chi connectivity index (χ3v) is 0.722. The Balaban J connectivity index is 3.11. The van der Waals surface area contributed by atoms with Gasteiger partial charge in [0, 0.05) is 0 Å². The zero-order valence-electron chi connectivity index (χ0n) is 4.48. The zero-order valence-corrected chi connectivity index (χ0v) is 4.48. The predicted octanol–water partition coefficient (Wildman–Crippen LogP) is 0.955. The Kier molecular flexibility index (Phi) is 4.03. The molecule has 46 valence electrons. The molecule has 0 aliphatic heterocycles. The monoisotopic (exact) mass is 117 g/mol. The van der Waals surface area contributed by atoms with E-state index >= 15 is 0 Å². The van der Waals surface area contributed by atoms with Crippen LogP contribution >= 0.6 is 0 Å². The molecule has 0 amide bonds. The van der Waals surface area contributed by atoms with Crippen LogP contribution in [0.3, 0.4) is 0 Å². The Hall–Kier alpha value is -0.730. The molecule has 1 N–H and O–H groups in total. The summed E-state index contributed by atoms with van der Waals surface area (Å²) >= 11 is 0. The Morgan fingerprint density at radius 2 is 2.38 bits per heavy atom. The molecule has 0 saturated carbocycles. The van der Waals surface area contributed by atoms with Crippen LogP contribution in [0.4, 0.5) is 4.39 Å². The van der Waals surface area contributed by atoms with E-state index in [-0.39, 0.29) is 18.6 Å². The van der Waals surface area contributed by atoms with E-state index in [1.165, 1.54) is 0 Å². The molecule has 0 bridgehead atoms. The number of rotatable bonds is 4. The number of carbonyl (C=O) groups is 1. The van der Waals surface area contributed by atoms with Gasteiger partial charge in [0.05, 0.1) is 12.4 Å². The summed E-state index contributed by atoms with van der Waals surface area (Å²) in [5, 5.41) is 6.71. The summed E-state index contributed by atoms with van der Waals surface area (Å²) in [6.07, 6.45) is 0.993. The number of aldehydes is 1. The van der Waals surface area contributed by atoms with Crippen LogP contribution in [0.25, 0.3) is 0 Å². The van der Waals surface area contributed by atoms with Crippen LogP contribution in [0, 0.1) is 5.41 Å². The molecule has 0 aromatic rings. The first-order valence-corrected chi connectivity index (χ1v) is 2.40. The maximum Gasteiger partial charge on any atom is 0.163 e. The first-order valence-electron chi connectivity index (χ1n) is 2.40. The van der Waals surface area contributed by atoms with Gasteiger partial charge in [0.1, 0.15) is 0 Å². The number of alkyl halides is 1. The van der Waals surface area contributed by atoms with Gasteiger partial charge in [-0.15, -0.1) is 0 Å². The van der Waals surface area contributed by atoms with Gasteiger partial charge in [-0.3, -0.25) is 9.18 Å². The van der Waals surface area contributed by atoms with Crippen LogP contribution in [0.1, 0.15) is 12.8 Å². The third kappa shape index (κ3) is 3.46. The molecule has 0 unspecified atom stereocenters. The topological polar surface area (TPSA) is 40.9 Å². The number of carbonyl (C=O) groups excluding carboxylic acids is 1. The van der Waals surface area contributed by atoms with Gasteiger partial charge in [-0.2, -0.15) is 0 Å². The van der Waals surface area contributed by atoms with E-state index in [0.29, 0.717) is 6.29 Å². The van der Waals surface area contributed by atoms with Crippen molar-refractivity contribution in [2.45, 2.75) is 12.8 Å². The highest BCUT2D eigenvalue weighted by Crippen LogP contribution is 1.88. The van der Waals surface area contributed by atoms with E-state index < -0.39 is 6.67 Å². The highest BCUT2D eigenvalue weighted by Gasteiger charge is 1.91. The van der Waals surface area contributed by atoms with Crippen molar-refractivity contribution in [1.29, 1.82) is 5.41 Å². The summed E-state index contributed by atoms with van der Waals surface area (Å²) < 4.78 is 11.3. The van der Waals surface area contributed by atoms with Crippen molar-refractivity contribution in [3.8, 4) is 0 Å². The zero-order chi connectivity index (χ0) is 6.41. The average molecular weight is 117 g/mol. The maximum absolute atomic E-state index is 11.3. The van der Waals surface area contributed by atoms with Gasteiger partial charge >= 0.3 is 0 Å². The van der Waals surface area contributed by atoms with Gasteiger partial charge in [-0.25, -0.2) is 0 Å². The van der Waals surface area contributed by atoms with E-state index in [2.05, 4.69) is 0 Å². The van der Waals surface area contributed by atoms with Gasteiger partial charge in [-0.1, -0.05) is 0 Å². The lowest BCUT2D eigenvalue weighted by Gasteiger charge is -1.87. The second-order valence-corrected chi connectivity index (χ2v) is 1.44. The minimum atomic E-state index is -0.448. The summed E-state index contributed by atoms with van der Waals surface area (Å²) in [7, 11) is 0. The summed E-state index contributed by atoms with van der Waals surface area (Å²) in [5.41, 5.74) is -0.0253. The molecular formula is C5H8FNO. The molecule has 0 heterocycles. The van der Waals surface area contributed by atoms with Crippen LogP contribution < -0.4 is 0 Å². The first-order chi connectivity index (χ1) is 3.81. The minimum absolute atomic E-state index is 0.0253. The van der Waals surface area contributed by atoms with Crippen molar-refractivity contribution in [3.63, 3.8) is 0 Å². The molecule has 0 rings (SSSR count). The fraction of sp³-hybridized carbons (Fsp3) is 0.600. The molecule has 0 radical (unpaired) electrons. The molecule has 2 nitrogen and oxygen atoms in total. The third-order valence-electron chi connectivity index (χ3n) is 0.722. The number of hydrogen-bond donors (Lipinski definition) is 1. The fourth-order valence-corrected chi connectivity index (χ4v) is 0.316. The van der Waals surface area contributed by atoms with E-state index in [9.17, 15) is 9.18 Å². The Labute approximate surface area is 47.2 Å². The highest BCUT2D eigenvalue weighted by molar-refractivity contribution is 6.26. The lowest BCUT2D eigenvalue weighted by Crippen LogP contribution is -1.96. The van der Waals surface area contributed by atoms with E-state index in [4.69, 9.17) is 5.41 Å². The van der Waals surface area contributed by atoms with Gasteiger partial charge in [0.15, 0.2) is 6.29 Å². The lowest BCUT2D eigenvalue weighted by atomic mass is 10.2. The fourth-order valence-electron chi connectivity index (χ4n) is 0.316. The maximum atomic E-state index is 11.3. The Morgan fingerprint density at radius 1 is 1.75 bits per heavy atom. The van der Waals surface area contributed by atoms with E-state index in [1.807, 2.05) is 0 Å². The van der Waals surface area contributed by atoms with Crippen LogP contribution in [0.5, 0.6) is 0 Å². The van der Waals surface area contributed by atoms with Crippen molar-refractivity contribution >= 4 is 12.0 Å². The number of halogens is 1. The van der Waals surface area contributed by atoms with Crippen molar-refractivity contribution in [3.05, 3.63) is 0 Å². The standard InChI is InChI=1S/C5H8FNO/c6-3-1-2-5(7)4-8/h4,7H,1-3H2. The van der Waals surface area contributed by atoms with Crippen molar-refractivity contribution in [1.82, 2.24) is 0 Å². The molecule has 0 fully saturated rings. The molecule has 0 aliphatic carbocycles. The second kappa shape index (κ2) is 4.43. The summed E-state index contributed by atoms with van der Waals surface area (Å²) in [5.74, 6) is 0. The van der Waals surface area contributed by atoms with E-state index in [1.54, 1.807) is 0 Å². The van der Waals surface area contributed by atoms with Crippen molar-refractivity contribution in [2.24, 2.45) is 0 Å². The van der Waals surface area contributed by atoms with Gasteiger partial charge < -0.3 is 5.41 Å². The lowest BCUT2D eigenvalue weighted by molar-refractivity contribution is -0.102. The highest BCUT2D eigenvalue weighted by atomic mass is 19.1. The average Bonchev–Trinajstić information content (AvgIpc) is 1.83. The smallest absolute Gasteiger partial charge is 0.163 e. The number of nitrogens with one attached hydrogen (secondary N) is 1. The van der Waals surface area contributed by atoms with Crippen LogP contribution in [-0.4, -0.2) is 18.7 Å². The van der Waals surface area contributed by atoms with Crippen LogP contribution in [-0.2, 0) is 4.79 Å². The van der Waals surface area contributed by atoms with Crippen molar-refractivity contribution < 1.29 is 9.18 Å². The molecule has 0 aromatic heterocycles. The molecule has 0 aliphatic rings. The minimum Gasteiger partial charge on any atom is -0.302 e. The summed E-state index contributed by atoms with van der Waals surface area (Å²) in [6.45, 7) is -0.448. The summed E-state index contributed by atoms with van der Waals surface area (Å²) in [6, 6.07) is 0. The molecule has 0 atom stereocenters. The molecule has 0 saturated heterocycles. The van der Waals surface area contributed by atoms with Crippen molar-refractivity contribution in [2.75, 3.05) is 6.67 Å². The largest absolute Gasteiger partial charge is 0.302 e. The van der Waals surface area contributed by atoms with Gasteiger partial charge in [-0.05, 0) is 12.8 Å². The SMILES string of the molecule is N=C(C=O)CCCF.